The maximum Gasteiger partial charge on any atom is 0.299 e. The number of benzene rings is 3. The van der Waals surface area contributed by atoms with Crippen molar-refractivity contribution in [3.63, 3.8) is 0 Å². The van der Waals surface area contributed by atoms with Gasteiger partial charge in [0.2, 0.25) is 0 Å². The van der Waals surface area contributed by atoms with Gasteiger partial charge in [-0.3, -0.25) is 14.4 Å². The Kier molecular flexibility index (Phi) is 8.78. The lowest BCUT2D eigenvalue weighted by Crippen LogP contribution is -2.42. The Labute approximate surface area is 247 Å². The number of fused-ring (bicyclic) bond motifs is 1. The van der Waals surface area contributed by atoms with Crippen LogP contribution < -0.4 is 5.73 Å². The van der Waals surface area contributed by atoms with Gasteiger partial charge in [-0.05, 0) is 52.5 Å². The van der Waals surface area contributed by atoms with E-state index in [0.717, 1.165) is 17.5 Å². The van der Waals surface area contributed by atoms with Crippen molar-refractivity contribution < 1.29 is 23.9 Å². The lowest BCUT2D eigenvalue weighted by Gasteiger charge is -2.28. The van der Waals surface area contributed by atoms with Gasteiger partial charge < -0.3 is 20.1 Å². The number of carbonyl (C=O) groups is 3. The highest BCUT2D eigenvalue weighted by molar-refractivity contribution is 14.1. The number of hydrogen-bond donors (Lipinski definition) is 1. The van der Waals surface area contributed by atoms with Gasteiger partial charge in [0, 0.05) is 23.2 Å². The minimum Gasteiger partial charge on any atom is -0.376 e. The van der Waals surface area contributed by atoms with Gasteiger partial charge in [-0.1, -0.05) is 91.0 Å². The quantitative estimate of drug-likeness (QED) is 0.128. The first-order valence-electron chi connectivity index (χ1n) is 13.3. The Morgan fingerprint density at radius 2 is 1.48 bits per heavy atom. The molecule has 40 heavy (non-hydrogen) atoms. The summed E-state index contributed by atoms with van der Waals surface area (Å²) in [7, 11) is 0. The lowest BCUT2D eigenvalue weighted by molar-refractivity contribution is -0.126. The molecule has 0 radical (unpaired) electrons. The third-order valence-corrected chi connectivity index (χ3v) is 8.64. The summed E-state index contributed by atoms with van der Waals surface area (Å²) in [4.78, 5) is 40.2. The zero-order chi connectivity index (χ0) is 28.1. The number of carbonyl (C=O) groups excluding carboxylic acids is 3. The van der Waals surface area contributed by atoms with Gasteiger partial charge >= 0.3 is 0 Å². The molecule has 0 bridgehead atoms. The third kappa shape index (κ3) is 6.19. The van der Waals surface area contributed by atoms with Crippen molar-refractivity contribution >= 4 is 40.2 Å². The largest absolute Gasteiger partial charge is 0.376 e. The van der Waals surface area contributed by atoms with Crippen LogP contribution in [0.5, 0.6) is 0 Å². The number of primary amides is 1. The van der Waals surface area contributed by atoms with Crippen LogP contribution >= 0.6 is 22.6 Å². The molecule has 2 fully saturated rings. The van der Waals surface area contributed by atoms with E-state index >= 15 is 0 Å². The Morgan fingerprint density at radius 3 is 2.08 bits per heavy atom. The number of ether oxygens (including phenoxy) is 2. The SMILES string of the molecule is NC(=O)/C(I)=C\N(C(=O)C(=O)c1ccccc1)[C@H]1C[C@H](OCc2ccccc2)[C@@]2(COCc3ccccc3)C[C@H]12. The fourth-order valence-corrected chi connectivity index (χ4v) is 5.98. The van der Waals surface area contributed by atoms with Gasteiger partial charge in [0.15, 0.2) is 0 Å². The van der Waals surface area contributed by atoms with Crippen molar-refractivity contribution in [3.8, 4) is 0 Å². The summed E-state index contributed by atoms with van der Waals surface area (Å²) < 4.78 is 12.9. The predicted molar refractivity (Wildman–Crippen MR) is 159 cm³/mol. The van der Waals surface area contributed by atoms with E-state index in [1.165, 1.54) is 11.1 Å². The number of nitrogens with two attached hydrogens (primary N) is 1. The number of Topliss-reactive ketones (excluding diaryl/α,β-unsaturated/α-hetero) is 1. The molecule has 0 aliphatic heterocycles. The minimum absolute atomic E-state index is 0.0462. The van der Waals surface area contributed by atoms with E-state index in [1.807, 2.05) is 83.3 Å². The van der Waals surface area contributed by atoms with Crippen LogP contribution in [0.25, 0.3) is 0 Å². The molecule has 0 heterocycles. The highest BCUT2D eigenvalue weighted by atomic mass is 127. The van der Waals surface area contributed by atoms with E-state index in [-0.39, 0.29) is 27.1 Å². The number of nitrogens with zero attached hydrogens (tertiary/aromatic N) is 1. The van der Waals surface area contributed by atoms with E-state index in [2.05, 4.69) is 0 Å². The number of hydrogen-bond acceptors (Lipinski definition) is 5. The molecule has 7 nitrogen and oxygen atoms in total. The van der Waals surface area contributed by atoms with Crippen LogP contribution in [0.15, 0.2) is 101 Å². The summed E-state index contributed by atoms with van der Waals surface area (Å²) in [5, 5.41) is 0. The van der Waals surface area contributed by atoms with Crippen molar-refractivity contribution in [2.75, 3.05) is 6.61 Å². The lowest BCUT2D eigenvalue weighted by atomic mass is 10.0. The van der Waals surface area contributed by atoms with Crippen LogP contribution in [0.4, 0.5) is 0 Å². The van der Waals surface area contributed by atoms with Gasteiger partial charge in [0.05, 0.1) is 29.5 Å². The summed E-state index contributed by atoms with van der Waals surface area (Å²) in [6, 6.07) is 28.0. The number of rotatable bonds is 12. The first kappa shape index (κ1) is 28.2. The van der Waals surface area contributed by atoms with Crippen molar-refractivity contribution in [1.82, 2.24) is 4.90 Å². The second kappa shape index (κ2) is 12.4. The molecule has 0 unspecified atom stereocenters. The van der Waals surface area contributed by atoms with Crippen LogP contribution in [-0.4, -0.2) is 41.3 Å². The van der Waals surface area contributed by atoms with Crippen LogP contribution in [-0.2, 0) is 32.3 Å². The van der Waals surface area contributed by atoms with E-state index in [9.17, 15) is 14.4 Å². The highest BCUT2D eigenvalue weighted by Gasteiger charge is 2.69. The molecule has 2 saturated carbocycles. The summed E-state index contributed by atoms with van der Waals surface area (Å²) in [5.41, 5.74) is 7.65. The van der Waals surface area contributed by atoms with Gasteiger partial charge in [-0.25, -0.2) is 0 Å². The first-order valence-corrected chi connectivity index (χ1v) is 14.3. The Hall–Kier alpha value is -3.34. The van der Waals surface area contributed by atoms with Gasteiger partial charge in [-0.2, -0.15) is 0 Å². The standard InChI is InChI=1S/C32H31IN2O5/c33-26(30(34)37)18-35(31(38)29(36)24-14-8-3-9-15-24)27-16-28(40-20-23-12-6-2-7-13-23)32(17-25(27)32)21-39-19-22-10-4-1-5-11-22/h1-15,18,25,27-28H,16-17,19-21H2,(H2,34,37)/b26-18+/t25-,27+,28+,32-/m1/s1. The third-order valence-electron chi connectivity index (χ3n) is 7.83. The fourth-order valence-electron chi connectivity index (χ4n) is 5.68. The zero-order valence-electron chi connectivity index (χ0n) is 21.9. The molecule has 3 aromatic rings. The molecule has 4 atom stereocenters. The van der Waals surface area contributed by atoms with Crippen molar-refractivity contribution in [1.29, 1.82) is 0 Å². The molecule has 0 aromatic heterocycles. The first-order chi connectivity index (χ1) is 19.4. The van der Waals surface area contributed by atoms with E-state index in [1.54, 1.807) is 30.3 Å². The molecule has 0 saturated heterocycles. The topological polar surface area (TPSA) is 98.9 Å². The van der Waals surface area contributed by atoms with Crippen molar-refractivity contribution in [2.45, 2.75) is 38.2 Å². The molecular formula is C32H31IN2O5. The number of halogens is 1. The number of amides is 2. The average Bonchev–Trinajstić information content (AvgIpc) is 3.64. The second-order valence-corrected chi connectivity index (χ2v) is 11.5. The zero-order valence-corrected chi connectivity index (χ0v) is 24.1. The predicted octanol–water partition coefficient (Wildman–Crippen LogP) is 5.04. The van der Waals surface area contributed by atoms with Gasteiger partial charge in [0.1, 0.15) is 0 Å². The van der Waals surface area contributed by atoms with Crippen LogP contribution in [0, 0.1) is 11.3 Å². The maximum absolute atomic E-state index is 13.6. The summed E-state index contributed by atoms with van der Waals surface area (Å²) >= 11 is 1.81. The Bertz CT molecular complexity index is 1380. The highest BCUT2D eigenvalue weighted by Crippen LogP contribution is 2.66. The summed E-state index contributed by atoms with van der Waals surface area (Å²) in [6.07, 6.45) is 2.53. The Morgan fingerprint density at radius 1 is 0.900 bits per heavy atom. The molecule has 2 amide bonds. The average molecular weight is 651 g/mol. The van der Waals surface area contributed by atoms with Crippen LogP contribution in [0.2, 0.25) is 0 Å². The molecule has 2 aliphatic rings. The number of ketones is 1. The second-order valence-electron chi connectivity index (χ2n) is 10.4. The molecule has 0 spiro atoms. The fraction of sp³-hybridized carbons (Fsp3) is 0.281. The maximum atomic E-state index is 13.6. The molecular weight excluding hydrogens is 619 g/mol. The molecule has 2 aliphatic carbocycles. The monoisotopic (exact) mass is 650 g/mol. The smallest absolute Gasteiger partial charge is 0.299 e. The van der Waals surface area contributed by atoms with E-state index < -0.39 is 17.6 Å². The van der Waals surface area contributed by atoms with Crippen molar-refractivity contribution in [2.24, 2.45) is 17.1 Å². The van der Waals surface area contributed by atoms with E-state index in [0.29, 0.717) is 31.8 Å². The summed E-state index contributed by atoms with van der Waals surface area (Å²) in [5.74, 6) is -1.94. The van der Waals surface area contributed by atoms with Crippen LogP contribution in [0.1, 0.15) is 34.3 Å². The summed E-state index contributed by atoms with van der Waals surface area (Å²) in [6.45, 7) is 1.37. The van der Waals surface area contributed by atoms with Crippen LogP contribution in [0.3, 0.4) is 0 Å². The molecule has 2 N–H and O–H groups in total. The van der Waals surface area contributed by atoms with Gasteiger partial charge in [-0.15, -0.1) is 0 Å². The normalized spacial score (nSPS) is 23.3. The molecule has 5 rings (SSSR count). The van der Waals surface area contributed by atoms with Crippen molar-refractivity contribution in [3.05, 3.63) is 117 Å². The molecule has 206 valence electrons. The van der Waals surface area contributed by atoms with E-state index in [4.69, 9.17) is 15.2 Å². The molecule has 3 aromatic carbocycles. The minimum atomic E-state index is -0.693. The molecule has 8 heteroatoms. The Balaban J connectivity index is 1.40. The van der Waals surface area contributed by atoms with Gasteiger partial charge in [0.25, 0.3) is 17.6 Å².